The molecule has 0 spiro atoms. The fraction of sp³-hybridized carbons (Fsp3) is 0.923. The third-order valence-corrected chi connectivity index (χ3v) is 4.57. The summed E-state index contributed by atoms with van der Waals surface area (Å²) < 4.78 is 0. The van der Waals surface area contributed by atoms with Crippen LogP contribution in [-0.4, -0.2) is 35.1 Å². The maximum Gasteiger partial charge on any atom is 0.308 e. The second kappa shape index (κ2) is 4.36. The van der Waals surface area contributed by atoms with Crippen LogP contribution in [0.15, 0.2) is 0 Å². The molecular weight excluding hydrogens is 202 g/mol. The molecule has 0 amide bonds. The van der Waals surface area contributed by atoms with E-state index in [0.29, 0.717) is 12.0 Å². The molecule has 2 unspecified atom stereocenters. The molecule has 1 saturated heterocycles. The van der Waals surface area contributed by atoms with Crippen LogP contribution in [-0.2, 0) is 4.79 Å². The Hall–Kier alpha value is -0.570. The lowest BCUT2D eigenvalue weighted by molar-refractivity contribution is -0.142. The lowest BCUT2D eigenvalue weighted by atomic mass is 9.73. The molecule has 1 N–H and O–H groups in total. The van der Waals surface area contributed by atoms with Gasteiger partial charge in [0.25, 0.3) is 0 Å². The average Bonchev–Trinajstić information content (AvgIpc) is 2.43. The van der Waals surface area contributed by atoms with E-state index in [0.717, 1.165) is 24.9 Å². The van der Waals surface area contributed by atoms with Gasteiger partial charge >= 0.3 is 5.97 Å². The second-order valence-corrected chi connectivity index (χ2v) is 6.01. The van der Waals surface area contributed by atoms with Gasteiger partial charge in [0.15, 0.2) is 0 Å². The quantitative estimate of drug-likeness (QED) is 0.799. The zero-order chi connectivity index (χ0) is 11.9. The van der Waals surface area contributed by atoms with E-state index in [1.807, 2.05) is 0 Å². The van der Waals surface area contributed by atoms with Crippen molar-refractivity contribution in [3.63, 3.8) is 0 Å². The molecule has 1 aliphatic heterocycles. The Balaban J connectivity index is 1.84. The molecule has 2 aliphatic rings. The van der Waals surface area contributed by atoms with Crippen molar-refractivity contribution in [1.29, 1.82) is 0 Å². The number of hydrogen-bond donors (Lipinski definition) is 1. The Labute approximate surface area is 97.8 Å². The second-order valence-electron chi connectivity index (χ2n) is 6.01. The van der Waals surface area contributed by atoms with Crippen molar-refractivity contribution in [2.75, 3.05) is 13.1 Å². The van der Waals surface area contributed by atoms with Gasteiger partial charge in [-0.1, -0.05) is 20.8 Å². The van der Waals surface area contributed by atoms with Crippen LogP contribution in [0.3, 0.4) is 0 Å². The number of carboxylic acid groups (broad SMARTS) is 1. The third-order valence-electron chi connectivity index (χ3n) is 4.57. The Kier molecular flexibility index (Phi) is 3.24. The first kappa shape index (κ1) is 11.9. The van der Waals surface area contributed by atoms with Gasteiger partial charge in [-0.15, -0.1) is 0 Å². The minimum Gasteiger partial charge on any atom is -0.481 e. The van der Waals surface area contributed by atoms with Crippen molar-refractivity contribution in [2.45, 2.75) is 39.7 Å². The first-order chi connectivity index (χ1) is 7.49. The topological polar surface area (TPSA) is 40.5 Å². The van der Waals surface area contributed by atoms with E-state index in [2.05, 4.69) is 25.7 Å². The van der Waals surface area contributed by atoms with Crippen molar-refractivity contribution in [2.24, 2.45) is 23.7 Å². The normalized spacial score (nSPS) is 40.0. The zero-order valence-corrected chi connectivity index (χ0v) is 10.5. The molecule has 1 heterocycles. The molecule has 1 aliphatic carbocycles. The summed E-state index contributed by atoms with van der Waals surface area (Å²) in [4.78, 5) is 13.4. The van der Waals surface area contributed by atoms with E-state index in [1.165, 1.54) is 12.8 Å². The predicted molar refractivity (Wildman–Crippen MR) is 63.2 cm³/mol. The van der Waals surface area contributed by atoms with E-state index >= 15 is 0 Å². The lowest BCUT2D eigenvalue weighted by Gasteiger charge is -2.43. The fourth-order valence-electron chi connectivity index (χ4n) is 3.10. The summed E-state index contributed by atoms with van der Waals surface area (Å²) in [5, 5.41) is 9.09. The molecule has 2 atom stereocenters. The van der Waals surface area contributed by atoms with Crippen molar-refractivity contribution in [1.82, 2.24) is 4.90 Å². The number of carboxylic acids is 1. The van der Waals surface area contributed by atoms with E-state index in [-0.39, 0.29) is 5.92 Å². The van der Waals surface area contributed by atoms with Crippen LogP contribution in [0.4, 0.5) is 0 Å². The third kappa shape index (κ3) is 2.10. The van der Waals surface area contributed by atoms with Gasteiger partial charge in [0.05, 0.1) is 5.92 Å². The average molecular weight is 225 g/mol. The monoisotopic (exact) mass is 225 g/mol. The molecule has 3 heteroatoms. The molecule has 0 bridgehead atoms. The summed E-state index contributed by atoms with van der Waals surface area (Å²) in [5.74, 6) is 1.21. The van der Waals surface area contributed by atoms with Crippen LogP contribution in [0.5, 0.6) is 0 Å². The molecular formula is C13H23NO2. The van der Waals surface area contributed by atoms with Gasteiger partial charge < -0.3 is 5.11 Å². The van der Waals surface area contributed by atoms with E-state index in [4.69, 9.17) is 5.11 Å². The molecule has 3 nitrogen and oxygen atoms in total. The molecule has 0 aromatic rings. The predicted octanol–water partition coefficient (Wildman–Crippen LogP) is 2.07. The fourth-order valence-corrected chi connectivity index (χ4v) is 3.10. The number of nitrogens with zero attached hydrogens (tertiary/aromatic N) is 1. The zero-order valence-electron chi connectivity index (χ0n) is 10.5. The number of hydrogen-bond acceptors (Lipinski definition) is 2. The molecule has 92 valence electrons. The Morgan fingerprint density at radius 2 is 1.94 bits per heavy atom. The highest BCUT2D eigenvalue weighted by molar-refractivity contribution is 5.71. The summed E-state index contributed by atoms with van der Waals surface area (Å²) in [6.07, 6.45) is 2.55. The summed E-state index contributed by atoms with van der Waals surface area (Å²) in [5.41, 5.74) is 0. The molecule has 0 aromatic carbocycles. The maximum absolute atomic E-state index is 11.0. The SMILES string of the molecule is CC(C)C1CC(N2CC(C)C(C(=O)O)C2)C1. The van der Waals surface area contributed by atoms with Crippen molar-refractivity contribution in [3.05, 3.63) is 0 Å². The van der Waals surface area contributed by atoms with Gasteiger partial charge in [-0.25, -0.2) is 0 Å². The van der Waals surface area contributed by atoms with Crippen molar-refractivity contribution < 1.29 is 9.90 Å². The smallest absolute Gasteiger partial charge is 0.308 e. The molecule has 2 rings (SSSR count). The van der Waals surface area contributed by atoms with E-state index < -0.39 is 5.97 Å². The summed E-state index contributed by atoms with van der Waals surface area (Å²) >= 11 is 0. The maximum atomic E-state index is 11.0. The van der Waals surface area contributed by atoms with Crippen molar-refractivity contribution in [3.8, 4) is 0 Å². The highest BCUT2D eigenvalue weighted by Gasteiger charge is 2.42. The molecule has 1 saturated carbocycles. The van der Waals surface area contributed by atoms with Crippen LogP contribution >= 0.6 is 0 Å². The van der Waals surface area contributed by atoms with Crippen LogP contribution < -0.4 is 0 Å². The van der Waals surface area contributed by atoms with E-state index in [1.54, 1.807) is 0 Å². The Morgan fingerprint density at radius 3 is 2.38 bits per heavy atom. The first-order valence-electron chi connectivity index (χ1n) is 6.46. The number of likely N-dealkylation sites (tertiary alicyclic amines) is 1. The van der Waals surface area contributed by atoms with Crippen molar-refractivity contribution >= 4 is 5.97 Å². The van der Waals surface area contributed by atoms with Crippen LogP contribution in [0, 0.1) is 23.7 Å². The first-order valence-corrected chi connectivity index (χ1v) is 6.46. The minimum atomic E-state index is -0.616. The van der Waals surface area contributed by atoms with Gasteiger partial charge in [-0.2, -0.15) is 0 Å². The number of aliphatic carboxylic acids is 1. The van der Waals surface area contributed by atoms with Gasteiger partial charge in [-0.05, 0) is 30.6 Å². The highest BCUT2D eigenvalue weighted by Crippen LogP contribution is 2.39. The van der Waals surface area contributed by atoms with Gasteiger partial charge in [0, 0.05) is 19.1 Å². The molecule has 0 aromatic heterocycles. The van der Waals surface area contributed by atoms with E-state index in [9.17, 15) is 4.79 Å². The summed E-state index contributed by atoms with van der Waals surface area (Å²) in [6.45, 7) is 8.39. The largest absolute Gasteiger partial charge is 0.481 e. The van der Waals surface area contributed by atoms with Crippen LogP contribution in [0.2, 0.25) is 0 Å². The summed E-state index contributed by atoms with van der Waals surface area (Å²) in [7, 11) is 0. The van der Waals surface area contributed by atoms with Gasteiger partial charge in [0.1, 0.15) is 0 Å². The molecule has 16 heavy (non-hydrogen) atoms. The number of rotatable bonds is 3. The highest BCUT2D eigenvalue weighted by atomic mass is 16.4. The standard InChI is InChI=1S/C13H23NO2/c1-8(2)10-4-11(5-10)14-6-9(3)12(7-14)13(15)16/h8-12H,4-7H2,1-3H3,(H,15,16). The number of carbonyl (C=O) groups is 1. The minimum absolute atomic E-state index is 0.141. The summed E-state index contributed by atoms with van der Waals surface area (Å²) in [6, 6.07) is 0.666. The Bertz CT molecular complexity index is 271. The van der Waals surface area contributed by atoms with Crippen LogP contribution in [0.1, 0.15) is 33.6 Å². The lowest BCUT2D eigenvalue weighted by Crippen LogP contribution is -2.45. The Morgan fingerprint density at radius 1 is 1.31 bits per heavy atom. The molecule has 0 radical (unpaired) electrons. The van der Waals surface area contributed by atoms with Crippen LogP contribution in [0.25, 0.3) is 0 Å². The van der Waals surface area contributed by atoms with Gasteiger partial charge in [-0.3, -0.25) is 9.69 Å². The molecule has 2 fully saturated rings. The van der Waals surface area contributed by atoms with Gasteiger partial charge in [0.2, 0.25) is 0 Å².